The summed E-state index contributed by atoms with van der Waals surface area (Å²) < 4.78 is 55.1. The highest BCUT2D eigenvalue weighted by molar-refractivity contribution is 14.1. The zero-order valence-electron chi connectivity index (χ0n) is 3.27. The topological polar surface area (TPSA) is 0 Å². The van der Waals surface area contributed by atoms with Gasteiger partial charge in [-0.25, -0.2) is 8.22 Å². The van der Waals surface area contributed by atoms with E-state index in [4.69, 9.17) is 0 Å². The molecule has 0 saturated heterocycles. The molecule has 0 aliphatic heterocycles. The van der Waals surface area contributed by atoms with Crippen molar-refractivity contribution in [1.82, 2.24) is 0 Å². The summed E-state index contributed by atoms with van der Waals surface area (Å²) in [6.45, 7) is 0. The van der Waals surface area contributed by atoms with Gasteiger partial charge in [0.15, 0.2) is 0 Å². The summed E-state index contributed by atoms with van der Waals surface area (Å²) in [5, 5.41) is 0. The number of hydrogen-bond donors (Lipinski definition) is 0. The Labute approximate surface area is 55.6 Å². The summed E-state index contributed by atoms with van der Waals surface area (Å²) in [4.78, 5) is 0. The quantitative estimate of drug-likeness (QED) is 0.272. The minimum Gasteiger partial charge on any atom is -0.249 e. The van der Waals surface area contributed by atoms with Crippen LogP contribution in [-0.4, -0.2) is 12.0 Å². The van der Waals surface area contributed by atoms with Crippen LogP contribution in [-0.2, 0) is 0 Å². The normalized spacial score (nSPS) is 14.2. The third-order valence-electron chi connectivity index (χ3n) is 0.321. The molecule has 0 heterocycles. The molecule has 7 heteroatoms. The average molecular weight is 262 g/mol. The van der Waals surface area contributed by atoms with Gasteiger partial charge in [-0.15, -0.1) is 0 Å². The van der Waals surface area contributed by atoms with E-state index in [0.29, 0.717) is 0 Å². The highest BCUT2D eigenvalue weighted by Crippen LogP contribution is 2.35. The van der Waals surface area contributed by atoms with Crippen molar-refractivity contribution in [2.45, 2.75) is 5.80 Å². The van der Waals surface area contributed by atoms with E-state index < -0.39 is 12.0 Å². The van der Waals surface area contributed by atoms with E-state index in [2.05, 4.69) is 0 Å². The fraction of sp³-hybridized carbons (Fsp3) is 1.00. The molecule has 0 aromatic rings. The predicted octanol–water partition coefficient (Wildman–Crippen LogP) is 2.40. The standard InChI is InChI=1S/CF5ISi/c2-1(3,4)8(5,6)7. The first-order chi connectivity index (χ1) is 3.25. The van der Waals surface area contributed by atoms with E-state index in [9.17, 15) is 21.4 Å². The smallest absolute Gasteiger partial charge is 0.249 e. The van der Waals surface area contributed by atoms with Crippen molar-refractivity contribution < 1.29 is 21.4 Å². The molecule has 0 aromatic carbocycles. The zero-order valence-corrected chi connectivity index (χ0v) is 6.43. The first kappa shape index (κ1) is 8.60. The number of halogens is 6. The van der Waals surface area contributed by atoms with Crippen molar-refractivity contribution in [2.24, 2.45) is 0 Å². The molecule has 0 amide bonds. The average Bonchev–Trinajstić information content (AvgIpc) is 1.25. The molecule has 0 radical (unpaired) electrons. The molecule has 0 atom stereocenters. The van der Waals surface area contributed by atoms with Gasteiger partial charge in [0, 0.05) is 0 Å². The van der Waals surface area contributed by atoms with E-state index >= 15 is 0 Å². The Morgan fingerprint density at radius 1 is 1.12 bits per heavy atom. The van der Waals surface area contributed by atoms with Crippen molar-refractivity contribution in [2.75, 3.05) is 0 Å². The Balaban J connectivity index is 4.02. The van der Waals surface area contributed by atoms with Crippen LogP contribution >= 0.6 is 21.8 Å². The van der Waals surface area contributed by atoms with Crippen molar-refractivity contribution in [3.63, 3.8) is 0 Å². The van der Waals surface area contributed by atoms with E-state index in [1.54, 1.807) is 0 Å². The molecule has 0 N–H and O–H groups in total. The van der Waals surface area contributed by atoms with Gasteiger partial charge in [0.2, 0.25) is 0 Å². The molecule has 0 spiro atoms. The lowest BCUT2D eigenvalue weighted by Crippen LogP contribution is -2.35. The Morgan fingerprint density at radius 2 is 1.25 bits per heavy atom. The Kier molecular flexibility index (Phi) is 2.24. The van der Waals surface area contributed by atoms with Gasteiger partial charge in [-0.05, 0) is 21.8 Å². The number of alkyl halides is 3. The molecule has 0 rings (SSSR count). The second-order valence-corrected chi connectivity index (χ2v) is 6.62. The molecule has 8 heavy (non-hydrogen) atoms. The minimum atomic E-state index is -5.89. The second-order valence-electron chi connectivity index (χ2n) is 0.996. The van der Waals surface area contributed by atoms with Gasteiger partial charge in [0.05, 0.1) is 0 Å². The number of hydrogen-bond acceptors (Lipinski definition) is 0. The highest BCUT2D eigenvalue weighted by atomic mass is 127. The summed E-state index contributed by atoms with van der Waals surface area (Å²) in [5.41, 5.74) is 0. The Bertz CT molecular complexity index is 67.4. The molecule has 0 aromatic heterocycles. The summed E-state index contributed by atoms with van der Waals surface area (Å²) >= 11 is 0.164. The summed E-state index contributed by atoms with van der Waals surface area (Å²) in [6, 6.07) is 0. The fourth-order valence-electron chi connectivity index (χ4n) is 0. The van der Waals surface area contributed by atoms with Gasteiger partial charge in [-0.3, -0.25) is 0 Å². The summed E-state index contributed by atoms with van der Waals surface area (Å²) in [6.07, 6.45) is -5.89. The molecule has 0 aliphatic rings. The molecule has 0 aliphatic carbocycles. The van der Waals surface area contributed by atoms with E-state index in [1.807, 2.05) is 0 Å². The van der Waals surface area contributed by atoms with Crippen LogP contribution in [0.25, 0.3) is 0 Å². The lowest BCUT2D eigenvalue weighted by atomic mass is 11.5. The van der Waals surface area contributed by atoms with Crippen molar-refractivity contribution in [3.05, 3.63) is 0 Å². The maximum absolute atomic E-state index is 11.2. The van der Waals surface area contributed by atoms with E-state index in [1.165, 1.54) is 0 Å². The van der Waals surface area contributed by atoms with Gasteiger partial charge in [-0.2, -0.15) is 13.2 Å². The van der Waals surface area contributed by atoms with E-state index in [0.717, 1.165) is 0 Å². The van der Waals surface area contributed by atoms with Gasteiger partial charge >= 0.3 is 12.0 Å². The third-order valence-corrected chi connectivity index (χ3v) is 2.80. The molecule has 0 saturated carbocycles. The zero-order chi connectivity index (χ0) is 7.00. The molecular weight excluding hydrogens is 262 g/mol. The highest BCUT2D eigenvalue weighted by Gasteiger charge is 2.61. The molecule has 0 nitrogen and oxygen atoms in total. The lowest BCUT2D eigenvalue weighted by Gasteiger charge is -2.07. The minimum absolute atomic E-state index is 0.164. The predicted molar refractivity (Wildman–Crippen MR) is 28.0 cm³/mol. The maximum Gasteiger partial charge on any atom is 0.596 e. The first-order valence-corrected chi connectivity index (χ1v) is 6.25. The molecule has 50 valence electrons. The van der Waals surface area contributed by atoms with Crippen LogP contribution in [0.4, 0.5) is 21.4 Å². The lowest BCUT2D eigenvalue weighted by molar-refractivity contribution is -0.0664. The van der Waals surface area contributed by atoms with Gasteiger partial charge in [-0.1, -0.05) is 0 Å². The summed E-state index contributed by atoms with van der Waals surface area (Å²) in [5.74, 6) is -5.27. The van der Waals surface area contributed by atoms with Crippen LogP contribution in [0, 0.1) is 0 Å². The first-order valence-electron chi connectivity index (χ1n) is 1.38. The van der Waals surface area contributed by atoms with Gasteiger partial charge in [0.1, 0.15) is 0 Å². The Hall–Kier alpha value is 0.597. The SMILES string of the molecule is FC(F)(F)[Si](F)(F)I. The van der Waals surface area contributed by atoms with Crippen LogP contribution in [0.15, 0.2) is 0 Å². The van der Waals surface area contributed by atoms with Gasteiger partial charge in [0.25, 0.3) is 0 Å². The maximum atomic E-state index is 11.2. The fourth-order valence-corrected chi connectivity index (χ4v) is 0. The van der Waals surface area contributed by atoms with Crippen molar-refractivity contribution in [3.8, 4) is 0 Å². The van der Waals surface area contributed by atoms with Crippen LogP contribution in [0.3, 0.4) is 0 Å². The molecule has 0 fully saturated rings. The Morgan fingerprint density at radius 3 is 1.25 bits per heavy atom. The molecular formula is CF5ISi. The monoisotopic (exact) mass is 262 g/mol. The van der Waals surface area contributed by atoms with Gasteiger partial charge < -0.3 is 0 Å². The number of rotatable bonds is 0. The van der Waals surface area contributed by atoms with Crippen LogP contribution in [0.5, 0.6) is 0 Å². The van der Waals surface area contributed by atoms with Crippen LogP contribution in [0.1, 0.15) is 0 Å². The molecule has 0 bridgehead atoms. The third kappa shape index (κ3) is 2.24. The van der Waals surface area contributed by atoms with Crippen molar-refractivity contribution in [1.29, 1.82) is 0 Å². The van der Waals surface area contributed by atoms with Crippen LogP contribution in [0.2, 0.25) is 0 Å². The molecule has 0 unspecified atom stereocenters. The van der Waals surface area contributed by atoms with Crippen molar-refractivity contribution >= 4 is 28.0 Å². The summed E-state index contributed by atoms with van der Waals surface area (Å²) in [7, 11) is 0. The largest absolute Gasteiger partial charge is 0.596 e. The van der Waals surface area contributed by atoms with Crippen LogP contribution < -0.4 is 0 Å². The second kappa shape index (κ2) is 2.08. The van der Waals surface area contributed by atoms with E-state index in [-0.39, 0.29) is 21.8 Å².